The van der Waals surface area contributed by atoms with Gasteiger partial charge in [-0.3, -0.25) is 6.29 Å². The molecule has 58 valence electrons. The van der Waals surface area contributed by atoms with Crippen LogP contribution in [0, 0.1) is 6.92 Å². The van der Waals surface area contributed by atoms with E-state index in [-0.39, 0.29) is 21.7 Å². The molecule has 0 aromatic heterocycles. The van der Waals surface area contributed by atoms with Gasteiger partial charge in [-0.1, -0.05) is 26.7 Å². The van der Waals surface area contributed by atoms with Gasteiger partial charge in [0.25, 0.3) is 0 Å². The quantitative estimate of drug-likeness (QED) is 0.477. The van der Waals surface area contributed by atoms with E-state index in [9.17, 15) is 4.79 Å². The Labute approximate surface area is 79.5 Å². The summed E-state index contributed by atoms with van der Waals surface area (Å²) in [6.07, 6.45) is 5.55. The van der Waals surface area contributed by atoms with Crippen LogP contribution in [0.1, 0.15) is 39.5 Å². The van der Waals surface area contributed by atoms with E-state index in [1.807, 2.05) is 6.92 Å². The predicted molar refractivity (Wildman–Crippen MR) is 40.9 cm³/mol. The molecule has 0 amide bonds. The third kappa shape index (κ3) is 39.9. The molecule has 0 radical (unpaired) electrons. The van der Waals surface area contributed by atoms with Crippen molar-refractivity contribution in [2.75, 3.05) is 0 Å². The fraction of sp³-hybridized carbons (Fsp3) is 0.750. The summed E-state index contributed by atoms with van der Waals surface area (Å²) in [6, 6.07) is 0. The topological polar surface area (TPSA) is 17.1 Å². The summed E-state index contributed by atoms with van der Waals surface area (Å²) in [6.45, 7) is 7.67. The Hall–Kier alpha value is 0.384. The van der Waals surface area contributed by atoms with Gasteiger partial charge in [0, 0.05) is 0 Å². The maximum atomic E-state index is 9.28. The maximum absolute atomic E-state index is 9.28. The number of rotatable bonds is 3. The molecule has 0 atom stereocenters. The molecule has 0 aromatic rings. The Kier molecular flexibility index (Phi) is 38.2. The minimum atomic E-state index is 0. The standard InChI is InChI=1S/C4H7O.C4H9.Ti/c1-2-3-4-5;1-3-4-2;/h2-3H2,1H3;1,3-4H2,2H3;/q2*-1;+2. The third-order valence-electron chi connectivity index (χ3n) is 0.706. The van der Waals surface area contributed by atoms with Crippen molar-refractivity contribution < 1.29 is 26.5 Å². The molecule has 0 N–H and O–H groups in total. The Morgan fingerprint density at radius 3 is 1.70 bits per heavy atom. The molecular weight excluding hydrogens is 160 g/mol. The first-order chi connectivity index (χ1) is 4.33. The first kappa shape index (κ1) is 16.8. The van der Waals surface area contributed by atoms with Gasteiger partial charge in [0.2, 0.25) is 0 Å². The molecule has 0 spiro atoms. The molecule has 0 aromatic carbocycles. The molecule has 0 aliphatic heterocycles. The van der Waals surface area contributed by atoms with E-state index in [0.29, 0.717) is 6.42 Å². The number of hydrogen-bond acceptors (Lipinski definition) is 1. The zero-order valence-electron chi connectivity index (χ0n) is 6.94. The SMILES string of the molecule is CCC[C-]=O.[CH2-]CCC.[Ti+2]. The average Bonchev–Trinajstić information content (AvgIpc) is 1.91. The largest absolute Gasteiger partial charge is 2.00 e. The minimum absolute atomic E-state index is 0. The summed E-state index contributed by atoms with van der Waals surface area (Å²) < 4.78 is 0. The van der Waals surface area contributed by atoms with E-state index >= 15 is 0 Å². The summed E-state index contributed by atoms with van der Waals surface area (Å²) in [5.74, 6) is 0. The molecule has 0 rings (SSSR count). The second kappa shape index (κ2) is 22.8. The molecule has 1 nitrogen and oxygen atoms in total. The summed E-state index contributed by atoms with van der Waals surface area (Å²) in [7, 11) is 0. The van der Waals surface area contributed by atoms with Gasteiger partial charge in [-0.25, -0.2) is 0 Å². The van der Waals surface area contributed by atoms with Gasteiger partial charge in [-0.15, -0.1) is 0 Å². The van der Waals surface area contributed by atoms with Crippen molar-refractivity contribution in [3.8, 4) is 0 Å². The summed E-state index contributed by atoms with van der Waals surface area (Å²) >= 11 is 0. The molecule has 0 aliphatic carbocycles. The Bertz CT molecular complexity index is 44.5. The van der Waals surface area contributed by atoms with Crippen LogP contribution >= 0.6 is 0 Å². The van der Waals surface area contributed by atoms with E-state index < -0.39 is 0 Å². The van der Waals surface area contributed by atoms with Crippen LogP contribution in [0.2, 0.25) is 0 Å². The van der Waals surface area contributed by atoms with Crippen molar-refractivity contribution in [1.29, 1.82) is 0 Å². The number of hydrogen-bond donors (Lipinski definition) is 0. The van der Waals surface area contributed by atoms with Crippen LogP contribution in [-0.4, -0.2) is 6.29 Å². The van der Waals surface area contributed by atoms with Crippen LogP contribution < -0.4 is 0 Å². The van der Waals surface area contributed by atoms with Crippen LogP contribution in [0.4, 0.5) is 0 Å². The van der Waals surface area contributed by atoms with Crippen LogP contribution in [0.25, 0.3) is 0 Å². The van der Waals surface area contributed by atoms with Crippen LogP contribution in [0.3, 0.4) is 0 Å². The minimum Gasteiger partial charge on any atom is -0.542 e. The van der Waals surface area contributed by atoms with E-state index in [0.717, 1.165) is 12.8 Å². The van der Waals surface area contributed by atoms with E-state index in [4.69, 9.17) is 0 Å². The molecule has 0 unspecified atom stereocenters. The van der Waals surface area contributed by atoms with Crippen molar-refractivity contribution in [3.05, 3.63) is 6.92 Å². The molecule has 0 bridgehead atoms. The Morgan fingerprint density at radius 1 is 1.30 bits per heavy atom. The zero-order chi connectivity index (χ0) is 7.54. The third-order valence-corrected chi connectivity index (χ3v) is 0.706. The fourth-order valence-corrected chi connectivity index (χ4v) is 0.102. The van der Waals surface area contributed by atoms with Crippen molar-refractivity contribution in [2.24, 2.45) is 0 Å². The van der Waals surface area contributed by atoms with Crippen LogP contribution in [-0.2, 0) is 26.5 Å². The Morgan fingerprint density at radius 2 is 1.70 bits per heavy atom. The zero-order valence-corrected chi connectivity index (χ0v) is 8.51. The smallest absolute Gasteiger partial charge is 0.542 e. The van der Waals surface area contributed by atoms with Gasteiger partial charge in [-0.05, 0) is 0 Å². The monoisotopic (exact) mass is 176 g/mol. The molecule has 0 aliphatic rings. The average molecular weight is 176 g/mol. The van der Waals surface area contributed by atoms with E-state index in [2.05, 4.69) is 13.8 Å². The van der Waals surface area contributed by atoms with Gasteiger partial charge in [0.15, 0.2) is 0 Å². The van der Waals surface area contributed by atoms with Gasteiger partial charge in [0.05, 0.1) is 0 Å². The molecule has 10 heavy (non-hydrogen) atoms. The normalized spacial score (nSPS) is 6.70. The van der Waals surface area contributed by atoms with Crippen molar-refractivity contribution in [3.63, 3.8) is 0 Å². The second-order valence-corrected chi connectivity index (χ2v) is 1.75. The summed E-state index contributed by atoms with van der Waals surface area (Å²) in [5, 5.41) is 0. The van der Waals surface area contributed by atoms with E-state index in [1.165, 1.54) is 6.42 Å². The van der Waals surface area contributed by atoms with Gasteiger partial charge in [0.1, 0.15) is 0 Å². The molecule has 0 saturated heterocycles. The summed E-state index contributed by atoms with van der Waals surface area (Å²) in [4.78, 5) is 9.28. The number of carbonyl (C=O) groups excluding carboxylic acids is 1. The van der Waals surface area contributed by atoms with Gasteiger partial charge >= 0.3 is 21.7 Å². The first-order valence-corrected chi connectivity index (χ1v) is 3.47. The van der Waals surface area contributed by atoms with Crippen LogP contribution in [0.15, 0.2) is 0 Å². The molecule has 0 fully saturated rings. The van der Waals surface area contributed by atoms with Crippen molar-refractivity contribution in [2.45, 2.75) is 39.5 Å². The van der Waals surface area contributed by atoms with Gasteiger partial charge in [-0.2, -0.15) is 12.8 Å². The molecular formula is C8H16OTi. The first-order valence-electron chi connectivity index (χ1n) is 3.47. The maximum Gasteiger partial charge on any atom is 2.00 e. The molecule has 0 heterocycles. The van der Waals surface area contributed by atoms with Crippen molar-refractivity contribution >= 4 is 6.29 Å². The second-order valence-electron chi connectivity index (χ2n) is 1.75. The van der Waals surface area contributed by atoms with Crippen molar-refractivity contribution in [1.82, 2.24) is 0 Å². The fourth-order valence-electron chi connectivity index (χ4n) is 0.102. The van der Waals surface area contributed by atoms with Crippen LogP contribution in [0.5, 0.6) is 0 Å². The van der Waals surface area contributed by atoms with Gasteiger partial charge < -0.3 is 11.7 Å². The Balaban J connectivity index is -0.0000000910. The number of unbranched alkanes of at least 4 members (excludes halogenated alkanes) is 2. The van der Waals surface area contributed by atoms with E-state index in [1.54, 1.807) is 6.29 Å². The molecule has 2 heteroatoms. The molecule has 0 saturated carbocycles. The predicted octanol–water partition coefficient (Wildman–Crippen LogP) is 2.51. The summed E-state index contributed by atoms with van der Waals surface area (Å²) in [5.41, 5.74) is 0.